The molecular formula is C25H36N4O2. The summed E-state index contributed by atoms with van der Waals surface area (Å²) in [7, 11) is 0. The molecule has 0 radical (unpaired) electrons. The molecule has 1 aliphatic heterocycles. The summed E-state index contributed by atoms with van der Waals surface area (Å²) in [4.78, 5) is 15.8. The Hall–Kier alpha value is -2.18. The fourth-order valence-electron chi connectivity index (χ4n) is 5.21. The molecule has 31 heavy (non-hydrogen) atoms. The quantitative estimate of drug-likeness (QED) is 0.669. The lowest BCUT2D eigenvalue weighted by molar-refractivity contribution is 0.0548. The van der Waals surface area contributed by atoms with Gasteiger partial charge in [-0.3, -0.25) is 9.89 Å². The summed E-state index contributed by atoms with van der Waals surface area (Å²) in [5.74, 6) is 1.14. The van der Waals surface area contributed by atoms with Crippen LogP contribution in [0.2, 0.25) is 0 Å². The van der Waals surface area contributed by atoms with Gasteiger partial charge >= 0.3 is 0 Å². The van der Waals surface area contributed by atoms with E-state index in [1.165, 1.54) is 38.6 Å². The van der Waals surface area contributed by atoms with Crippen molar-refractivity contribution in [3.05, 3.63) is 42.1 Å². The van der Waals surface area contributed by atoms with E-state index in [0.717, 1.165) is 44.0 Å². The van der Waals surface area contributed by atoms with Gasteiger partial charge in [-0.2, -0.15) is 5.10 Å². The number of amides is 1. The van der Waals surface area contributed by atoms with Crippen LogP contribution in [-0.2, 0) is 4.74 Å². The number of rotatable bonds is 8. The van der Waals surface area contributed by atoms with Crippen LogP contribution in [0.5, 0.6) is 0 Å². The van der Waals surface area contributed by atoms with Crippen molar-refractivity contribution in [1.82, 2.24) is 20.4 Å². The molecule has 0 spiro atoms. The number of carbonyl (C=O) groups is 1. The molecule has 2 N–H and O–H groups in total. The van der Waals surface area contributed by atoms with Crippen molar-refractivity contribution in [3.63, 3.8) is 0 Å². The molecule has 2 aliphatic rings. The van der Waals surface area contributed by atoms with E-state index in [1.807, 2.05) is 30.3 Å². The first-order valence-corrected chi connectivity index (χ1v) is 11.9. The van der Waals surface area contributed by atoms with Crippen molar-refractivity contribution in [2.24, 2.45) is 11.8 Å². The summed E-state index contributed by atoms with van der Waals surface area (Å²) in [6, 6.07) is 10.2. The van der Waals surface area contributed by atoms with E-state index in [0.29, 0.717) is 17.4 Å². The maximum Gasteiger partial charge on any atom is 0.255 e. The van der Waals surface area contributed by atoms with Crippen LogP contribution in [0.25, 0.3) is 11.3 Å². The molecule has 0 bridgehead atoms. The lowest BCUT2D eigenvalue weighted by Crippen LogP contribution is -2.48. The molecule has 2 heterocycles. The van der Waals surface area contributed by atoms with Crippen molar-refractivity contribution >= 4 is 5.91 Å². The molecule has 3 atom stereocenters. The van der Waals surface area contributed by atoms with Gasteiger partial charge in [0.25, 0.3) is 5.91 Å². The fourth-order valence-corrected chi connectivity index (χ4v) is 5.21. The van der Waals surface area contributed by atoms with E-state index in [-0.39, 0.29) is 11.9 Å². The minimum Gasteiger partial charge on any atom is -0.381 e. The molecule has 168 valence electrons. The molecule has 1 aromatic heterocycles. The van der Waals surface area contributed by atoms with Gasteiger partial charge in [0.1, 0.15) is 0 Å². The number of H-pyrrole nitrogens is 1. The average molecular weight is 425 g/mol. The largest absolute Gasteiger partial charge is 0.381 e. The third-order valence-corrected chi connectivity index (χ3v) is 6.83. The van der Waals surface area contributed by atoms with E-state index in [4.69, 9.17) is 4.74 Å². The van der Waals surface area contributed by atoms with Gasteiger partial charge in [0.05, 0.1) is 24.1 Å². The predicted molar refractivity (Wildman–Crippen MR) is 123 cm³/mol. The Morgan fingerprint density at radius 1 is 1.19 bits per heavy atom. The predicted octanol–water partition coefficient (Wildman–Crippen LogP) is 4.11. The van der Waals surface area contributed by atoms with Gasteiger partial charge < -0.3 is 15.0 Å². The van der Waals surface area contributed by atoms with Gasteiger partial charge in [0, 0.05) is 31.3 Å². The number of likely N-dealkylation sites (tertiary alicyclic amines) is 1. The van der Waals surface area contributed by atoms with Crippen molar-refractivity contribution < 1.29 is 9.53 Å². The maximum atomic E-state index is 13.2. The molecule has 0 unspecified atom stereocenters. The van der Waals surface area contributed by atoms with Crippen LogP contribution >= 0.6 is 0 Å². The first-order chi connectivity index (χ1) is 15.2. The van der Waals surface area contributed by atoms with E-state index in [9.17, 15) is 4.79 Å². The molecule has 4 rings (SSSR count). The number of aromatic amines is 1. The number of ether oxygens (including phenoxy) is 1. The topological polar surface area (TPSA) is 70.2 Å². The van der Waals surface area contributed by atoms with Crippen LogP contribution in [0, 0.1) is 11.8 Å². The summed E-state index contributed by atoms with van der Waals surface area (Å²) in [5, 5.41) is 10.5. The van der Waals surface area contributed by atoms with Crippen molar-refractivity contribution in [2.45, 2.75) is 51.5 Å². The van der Waals surface area contributed by atoms with Crippen LogP contribution in [0.3, 0.4) is 0 Å². The zero-order valence-electron chi connectivity index (χ0n) is 18.7. The maximum absolute atomic E-state index is 13.2. The van der Waals surface area contributed by atoms with Crippen molar-refractivity contribution in [1.29, 1.82) is 0 Å². The summed E-state index contributed by atoms with van der Waals surface area (Å²) in [6.07, 6.45) is 8.86. The number of nitrogens with zero attached hydrogens (tertiary/aromatic N) is 2. The molecule has 2 fully saturated rings. The van der Waals surface area contributed by atoms with Gasteiger partial charge in [-0.1, -0.05) is 43.2 Å². The average Bonchev–Trinajstić information content (AvgIpc) is 3.30. The number of hydrogen-bond acceptors (Lipinski definition) is 4. The van der Waals surface area contributed by atoms with Gasteiger partial charge in [-0.05, 0) is 51.0 Å². The van der Waals surface area contributed by atoms with Gasteiger partial charge in [0.15, 0.2) is 0 Å². The summed E-state index contributed by atoms with van der Waals surface area (Å²) in [5.41, 5.74) is 2.41. The number of piperidine rings is 1. The number of benzene rings is 1. The highest BCUT2D eigenvalue weighted by Crippen LogP contribution is 2.28. The highest BCUT2D eigenvalue weighted by molar-refractivity contribution is 5.99. The monoisotopic (exact) mass is 424 g/mol. The number of carbonyl (C=O) groups excluding carboxylic acids is 1. The Labute approximate surface area is 185 Å². The first kappa shape index (κ1) is 22.0. The van der Waals surface area contributed by atoms with E-state index in [2.05, 4.69) is 27.3 Å². The molecule has 1 aromatic carbocycles. The van der Waals surface area contributed by atoms with Crippen LogP contribution in [-0.4, -0.2) is 59.9 Å². The molecule has 1 saturated carbocycles. The zero-order valence-corrected chi connectivity index (χ0v) is 18.7. The SMILES string of the molecule is CCOC[C@@H]1CCCN(C[C@H]2CCCC[C@@H]2NC(=O)c2cn[nH]c2-c2ccccc2)C1. The molecule has 6 nitrogen and oxygen atoms in total. The Kier molecular flexibility index (Phi) is 7.76. The standard InChI is InChI=1S/C25H36N4O2/c1-2-31-18-19-9-8-14-29(16-19)17-21-12-6-7-13-23(21)27-25(30)22-15-26-28-24(22)20-10-4-3-5-11-20/h3-5,10-11,15,19,21,23H,2,6-9,12-14,16-18H2,1H3,(H,26,28)(H,27,30)/t19-,21-,23+/m1/s1. The molecule has 6 heteroatoms. The van der Waals surface area contributed by atoms with Crippen LogP contribution in [0.4, 0.5) is 0 Å². The molecular weight excluding hydrogens is 388 g/mol. The summed E-state index contributed by atoms with van der Waals surface area (Å²) < 4.78 is 5.68. The molecule has 2 aromatic rings. The Balaban J connectivity index is 1.38. The van der Waals surface area contributed by atoms with Crippen molar-refractivity contribution in [2.75, 3.05) is 32.8 Å². The molecule has 1 aliphatic carbocycles. The first-order valence-electron chi connectivity index (χ1n) is 11.9. The molecule has 1 amide bonds. The second kappa shape index (κ2) is 10.9. The highest BCUT2D eigenvalue weighted by Gasteiger charge is 2.31. The normalized spacial score (nSPS) is 24.7. The third kappa shape index (κ3) is 5.74. The summed E-state index contributed by atoms with van der Waals surface area (Å²) in [6.45, 7) is 7.10. The second-order valence-corrected chi connectivity index (χ2v) is 9.08. The Morgan fingerprint density at radius 3 is 2.87 bits per heavy atom. The van der Waals surface area contributed by atoms with Crippen LogP contribution < -0.4 is 5.32 Å². The van der Waals surface area contributed by atoms with Crippen LogP contribution in [0.1, 0.15) is 55.8 Å². The number of nitrogens with one attached hydrogen (secondary N) is 2. The molecule has 1 saturated heterocycles. The van der Waals surface area contributed by atoms with Crippen LogP contribution in [0.15, 0.2) is 36.5 Å². The Morgan fingerprint density at radius 2 is 2.03 bits per heavy atom. The van der Waals surface area contributed by atoms with E-state index in [1.54, 1.807) is 6.20 Å². The van der Waals surface area contributed by atoms with E-state index >= 15 is 0 Å². The van der Waals surface area contributed by atoms with Crippen molar-refractivity contribution in [3.8, 4) is 11.3 Å². The summed E-state index contributed by atoms with van der Waals surface area (Å²) >= 11 is 0. The van der Waals surface area contributed by atoms with Gasteiger partial charge in [-0.25, -0.2) is 0 Å². The van der Waals surface area contributed by atoms with Gasteiger partial charge in [0.2, 0.25) is 0 Å². The fraction of sp³-hybridized carbons (Fsp3) is 0.600. The third-order valence-electron chi connectivity index (χ3n) is 6.83. The Bertz CT molecular complexity index is 822. The second-order valence-electron chi connectivity index (χ2n) is 9.08. The smallest absolute Gasteiger partial charge is 0.255 e. The highest BCUT2D eigenvalue weighted by atomic mass is 16.5. The number of hydrogen-bond donors (Lipinski definition) is 2. The minimum atomic E-state index is -0.0163. The zero-order chi connectivity index (χ0) is 21.5. The minimum absolute atomic E-state index is 0.0163. The lowest BCUT2D eigenvalue weighted by Gasteiger charge is -2.39. The lowest BCUT2D eigenvalue weighted by atomic mass is 9.83. The number of aromatic nitrogens is 2. The van der Waals surface area contributed by atoms with Gasteiger partial charge in [-0.15, -0.1) is 0 Å². The van der Waals surface area contributed by atoms with E-state index < -0.39 is 0 Å².